The maximum Gasteiger partial charge on any atom is 0.241 e. The van der Waals surface area contributed by atoms with Crippen LogP contribution in [0.25, 0.3) is 10.8 Å². The summed E-state index contributed by atoms with van der Waals surface area (Å²) in [6.45, 7) is 1.55. The lowest BCUT2D eigenvalue weighted by molar-refractivity contribution is -0.115. The third-order valence-corrected chi connectivity index (χ3v) is 5.20. The molecule has 25 heavy (non-hydrogen) atoms. The molecule has 0 atom stereocenters. The molecular formula is C19H18N2O3S. The van der Waals surface area contributed by atoms with Gasteiger partial charge in [0.05, 0.1) is 11.4 Å². The van der Waals surface area contributed by atoms with Crippen LogP contribution >= 0.6 is 0 Å². The van der Waals surface area contributed by atoms with Crippen LogP contribution in [0.1, 0.15) is 5.56 Å². The van der Waals surface area contributed by atoms with Crippen molar-refractivity contribution >= 4 is 32.4 Å². The number of hydrogen-bond donors (Lipinski definition) is 2. The second kappa shape index (κ2) is 7.04. The Kier molecular flexibility index (Phi) is 4.83. The van der Waals surface area contributed by atoms with Crippen LogP contribution in [-0.2, 0) is 14.8 Å². The monoisotopic (exact) mass is 354 g/mol. The lowest BCUT2D eigenvalue weighted by atomic mass is 10.1. The lowest BCUT2D eigenvalue weighted by Crippen LogP contribution is -2.32. The van der Waals surface area contributed by atoms with Gasteiger partial charge in [-0.25, -0.2) is 13.1 Å². The molecule has 1 amide bonds. The molecule has 0 aromatic heterocycles. The predicted octanol–water partition coefficient (Wildman–Crippen LogP) is 3.07. The Hall–Kier alpha value is -2.70. The van der Waals surface area contributed by atoms with Crippen LogP contribution in [-0.4, -0.2) is 20.9 Å². The van der Waals surface area contributed by atoms with Crippen LogP contribution in [0.15, 0.2) is 71.6 Å². The van der Waals surface area contributed by atoms with Crippen LogP contribution in [0.2, 0.25) is 0 Å². The van der Waals surface area contributed by atoms with Crippen molar-refractivity contribution in [2.45, 2.75) is 11.8 Å². The number of carbonyl (C=O) groups is 1. The van der Waals surface area contributed by atoms with E-state index in [4.69, 9.17) is 0 Å². The first kappa shape index (κ1) is 17.1. The number of nitrogens with one attached hydrogen (secondary N) is 2. The van der Waals surface area contributed by atoms with Gasteiger partial charge >= 0.3 is 0 Å². The van der Waals surface area contributed by atoms with Crippen molar-refractivity contribution in [2.75, 3.05) is 11.9 Å². The van der Waals surface area contributed by atoms with Gasteiger partial charge < -0.3 is 5.32 Å². The van der Waals surface area contributed by atoms with Crippen LogP contribution in [0, 0.1) is 6.92 Å². The van der Waals surface area contributed by atoms with E-state index in [9.17, 15) is 13.2 Å². The van der Waals surface area contributed by atoms with Gasteiger partial charge in [0.25, 0.3) is 0 Å². The fourth-order valence-electron chi connectivity index (χ4n) is 2.43. The van der Waals surface area contributed by atoms with E-state index in [1.807, 2.05) is 43.3 Å². The van der Waals surface area contributed by atoms with E-state index in [2.05, 4.69) is 10.0 Å². The third-order valence-electron chi connectivity index (χ3n) is 3.79. The fourth-order valence-corrected chi connectivity index (χ4v) is 3.42. The molecule has 0 aliphatic heterocycles. The molecule has 0 spiro atoms. The average molecular weight is 354 g/mol. The van der Waals surface area contributed by atoms with E-state index in [-0.39, 0.29) is 11.4 Å². The van der Waals surface area contributed by atoms with E-state index in [0.717, 1.165) is 16.3 Å². The summed E-state index contributed by atoms with van der Waals surface area (Å²) in [5.74, 6) is -0.425. The predicted molar refractivity (Wildman–Crippen MR) is 98.9 cm³/mol. The summed E-state index contributed by atoms with van der Waals surface area (Å²) in [7, 11) is -3.71. The van der Waals surface area contributed by atoms with E-state index in [1.54, 1.807) is 18.2 Å². The summed E-state index contributed by atoms with van der Waals surface area (Å²) >= 11 is 0. The lowest BCUT2D eigenvalue weighted by Gasteiger charge is -2.09. The highest BCUT2D eigenvalue weighted by Crippen LogP contribution is 2.18. The van der Waals surface area contributed by atoms with E-state index in [0.29, 0.717) is 5.69 Å². The molecule has 0 saturated heterocycles. The summed E-state index contributed by atoms with van der Waals surface area (Å²) in [5.41, 5.74) is 1.59. The number of aryl methyl sites for hydroxylation is 1. The zero-order chi connectivity index (χ0) is 17.9. The standard InChI is InChI=1S/C19H18N2O3S/c1-14-6-10-18(11-7-14)25(23,24)20-13-19(22)21-17-9-8-15-4-2-3-5-16(15)12-17/h2-12,20H,13H2,1H3,(H,21,22). The molecule has 0 fully saturated rings. The Morgan fingerprint density at radius 2 is 1.60 bits per heavy atom. The first-order valence-electron chi connectivity index (χ1n) is 7.79. The Morgan fingerprint density at radius 1 is 0.920 bits per heavy atom. The summed E-state index contributed by atoms with van der Waals surface area (Å²) < 4.78 is 26.7. The number of anilines is 1. The second-order valence-electron chi connectivity index (χ2n) is 5.75. The quantitative estimate of drug-likeness (QED) is 0.739. The van der Waals surface area contributed by atoms with Gasteiger partial charge in [0, 0.05) is 5.69 Å². The van der Waals surface area contributed by atoms with Crippen LogP contribution in [0.4, 0.5) is 5.69 Å². The van der Waals surface area contributed by atoms with Crippen LogP contribution < -0.4 is 10.0 Å². The Balaban J connectivity index is 1.64. The van der Waals surface area contributed by atoms with Crippen molar-refractivity contribution in [3.63, 3.8) is 0 Å². The molecule has 0 unspecified atom stereocenters. The number of amides is 1. The Morgan fingerprint density at radius 3 is 2.32 bits per heavy atom. The van der Waals surface area contributed by atoms with Crippen molar-refractivity contribution < 1.29 is 13.2 Å². The normalized spacial score (nSPS) is 11.4. The first-order chi connectivity index (χ1) is 11.9. The van der Waals surface area contributed by atoms with Crippen molar-refractivity contribution in [1.82, 2.24) is 4.72 Å². The van der Waals surface area contributed by atoms with Crippen LogP contribution in [0.5, 0.6) is 0 Å². The number of sulfonamides is 1. The smallest absolute Gasteiger partial charge is 0.241 e. The highest BCUT2D eigenvalue weighted by Gasteiger charge is 2.15. The number of fused-ring (bicyclic) bond motifs is 1. The summed E-state index contributed by atoms with van der Waals surface area (Å²) in [4.78, 5) is 12.2. The van der Waals surface area contributed by atoms with Gasteiger partial charge in [-0.3, -0.25) is 4.79 Å². The summed E-state index contributed by atoms with van der Waals surface area (Å²) in [6, 6.07) is 19.8. The van der Waals surface area contributed by atoms with Crippen LogP contribution in [0.3, 0.4) is 0 Å². The molecule has 2 N–H and O–H groups in total. The van der Waals surface area contributed by atoms with Gasteiger partial charge in [0.1, 0.15) is 0 Å². The molecule has 3 aromatic carbocycles. The molecule has 0 radical (unpaired) electrons. The minimum absolute atomic E-state index is 0.136. The molecule has 0 bridgehead atoms. The van der Waals surface area contributed by atoms with Crippen molar-refractivity contribution in [2.24, 2.45) is 0 Å². The van der Waals surface area contributed by atoms with Crippen molar-refractivity contribution in [3.05, 3.63) is 72.3 Å². The highest BCUT2D eigenvalue weighted by atomic mass is 32.2. The number of carbonyl (C=O) groups excluding carboxylic acids is 1. The largest absolute Gasteiger partial charge is 0.325 e. The SMILES string of the molecule is Cc1ccc(S(=O)(=O)NCC(=O)Nc2ccc3ccccc3c2)cc1. The maximum absolute atomic E-state index is 12.2. The summed E-state index contributed by atoms with van der Waals surface area (Å²) in [6.07, 6.45) is 0. The minimum Gasteiger partial charge on any atom is -0.325 e. The van der Waals surface area contributed by atoms with E-state index < -0.39 is 15.9 Å². The second-order valence-corrected chi connectivity index (χ2v) is 7.51. The van der Waals surface area contributed by atoms with Gasteiger partial charge in [-0.1, -0.05) is 48.0 Å². The topological polar surface area (TPSA) is 75.3 Å². The minimum atomic E-state index is -3.71. The molecular weight excluding hydrogens is 336 g/mol. The van der Waals surface area contributed by atoms with Gasteiger partial charge in [0.2, 0.25) is 15.9 Å². The van der Waals surface area contributed by atoms with Crippen molar-refractivity contribution in [3.8, 4) is 0 Å². The number of benzene rings is 3. The van der Waals surface area contributed by atoms with E-state index >= 15 is 0 Å². The molecule has 6 heteroatoms. The Labute approximate surface area is 146 Å². The fraction of sp³-hybridized carbons (Fsp3) is 0.105. The number of rotatable bonds is 5. The Bertz CT molecular complexity index is 1010. The third kappa shape index (κ3) is 4.23. The highest BCUT2D eigenvalue weighted by molar-refractivity contribution is 7.89. The number of hydrogen-bond acceptors (Lipinski definition) is 3. The molecule has 0 heterocycles. The van der Waals surface area contributed by atoms with E-state index in [1.165, 1.54) is 12.1 Å². The molecule has 3 aromatic rings. The maximum atomic E-state index is 12.2. The van der Waals surface area contributed by atoms with Gasteiger partial charge in [-0.05, 0) is 42.0 Å². The zero-order valence-electron chi connectivity index (χ0n) is 13.7. The van der Waals surface area contributed by atoms with Crippen molar-refractivity contribution in [1.29, 1.82) is 0 Å². The van der Waals surface area contributed by atoms with Gasteiger partial charge in [-0.15, -0.1) is 0 Å². The molecule has 0 aliphatic rings. The summed E-state index contributed by atoms with van der Waals surface area (Å²) in [5, 5.41) is 4.77. The first-order valence-corrected chi connectivity index (χ1v) is 9.27. The molecule has 0 aliphatic carbocycles. The molecule has 128 valence electrons. The average Bonchev–Trinajstić information content (AvgIpc) is 2.60. The zero-order valence-corrected chi connectivity index (χ0v) is 14.5. The molecule has 3 rings (SSSR count). The molecule has 5 nitrogen and oxygen atoms in total. The van der Waals surface area contributed by atoms with Gasteiger partial charge in [-0.2, -0.15) is 0 Å². The van der Waals surface area contributed by atoms with Gasteiger partial charge in [0.15, 0.2) is 0 Å². The molecule has 0 saturated carbocycles.